The second-order valence-corrected chi connectivity index (χ2v) is 4.00. The van der Waals surface area contributed by atoms with Crippen molar-refractivity contribution in [2.75, 3.05) is 0 Å². The van der Waals surface area contributed by atoms with E-state index in [4.69, 9.17) is 4.42 Å². The van der Waals surface area contributed by atoms with Crippen LogP contribution in [0.2, 0.25) is 0 Å². The summed E-state index contributed by atoms with van der Waals surface area (Å²) in [6, 6.07) is 7.06. The van der Waals surface area contributed by atoms with E-state index in [1.807, 2.05) is 25.1 Å². The van der Waals surface area contributed by atoms with Gasteiger partial charge in [0, 0.05) is 24.9 Å². The van der Waals surface area contributed by atoms with Crippen LogP contribution in [0.1, 0.15) is 18.1 Å². The SMILES string of the molecule is CC(=O)NCc1cc(=O)oc2cc(C)ccc12. The molecule has 0 atom stereocenters. The number of carbonyl (C=O) groups is 1. The largest absolute Gasteiger partial charge is 0.423 e. The lowest BCUT2D eigenvalue weighted by molar-refractivity contribution is -0.119. The number of rotatable bonds is 2. The lowest BCUT2D eigenvalue weighted by Crippen LogP contribution is -2.20. The maximum atomic E-state index is 11.4. The van der Waals surface area contributed by atoms with Crippen molar-refractivity contribution in [1.29, 1.82) is 0 Å². The number of carbonyl (C=O) groups excluding carboxylic acids is 1. The third-order valence-electron chi connectivity index (χ3n) is 2.51. The average Bonchev–Trinajstić information content (AvgIpc) is 2.24. The van der Waals surface area contributed by atoms with Gasteiger partial charge in [-0.1, -0.05) is 12.1 Å². The highest BCUT2D eigenvalue weighted by atomic mass is 16.4. The van der Waals surface area contributed by atoms with E-state index in [2.05, 4.69) is 5.32 Å². The highest BCUT2D eigenvalue weighted by Gasteiger charge is 2.06. The van der Waals surface area contributed by atoms with Crippen LogP contribution in [-0.4, -0.2) is 5.91 Å². The summed E-state index contributed by atoms with van der Waals surface area (Å²) >= 11 is 0. The molecule has 1 aromatic carbocycles. The van der Waals surface area contributed by atoms with Crippen molar-refractivity contribution in [2.45, 2.75) is 20.4 Å². The van der Waals surface area contributed by atoms with Gasteiger partial charge in [-0.25, -0.2) is 4.79 Å². The molecule has 0 bridgehead atoms. The Labute approximate surface area is 98.3 Å². The number of hydrogen-bond acceptors (Lipinski definition) is 3. The minimum atomic E-state index is -0.400. The molecule has 0 aliphatic rings. The zero-order chi connectivity index (χ0) is 12.4. The van der Waals surface area contributed by atoms with E-state index in [1.165, 1.54) is 13.0 Å². The minimum absolute atomic E-state index is 0.126. The Morgan fingerprint density at radius 1 is 1.35 bits per heavy atom. The molecule has 0 aliphatic carbocycles. The van der Waals surface area contributed by atoms with Crippen LogP contribution >= 0.6 is 0 Å². The van der Waals surface area contributed by atoms with Crippen LogP contribution in [-0.2, 0) is 11.3 Å². The van der Waals surface area contributed by atoms with E-state index in [0.717, 1.165) is 16.5 Å². The molecule has 0 saturated heterocycles. The van der Waals surface area contributed by atoms with Crippen molar-refractivity contribution in [3.05, 3.63) is 45.8 Å². The first-order chi connectivity index (χ1) is 8.06. The fraction of sp³-hybridized carbons (Fsp3) is 0.231. The summed E-state index contributed by atoms with van der Waals surface area (Å²) in [5, 5.41) is 3.53. The van der Waals surface area contributed by atoms with E-state index in [1.54, 1.807) is 0 Å². The third kappa shape index (κ3) is 2.53. The summed E-state index contributed by atoms with van der Waals surface area (Å²) in [4.78, 5) is 22.3. The van der Waals surface area contributed by atoms with E-state index in [-0.39, 0.29) is 5.91 Å². The summed E-state index contributed by atoms with van der Waals surface area (Å²) < 4.78 is 5.12. The van der Waals surface area contributed by atoms with Gasteiger partial charge in [0.05, 0.1) is 0 Å². The molecule has 88 valence electrons. The van der Waals surface area contributed by atoms with Gasteiger partial charge >= 0.3 is 5.63 Å². The normalized spacial score (nSPS) is 10.5. The molecule has 0 saturated carbocycles. The Balaban J connectivity index is 2.53. The highest BCUT2D eigenvalue weighted by molar-refractivity contribution is 5.81. The van der Waals surface area contributed by atoms with E-state index in [9.17, 15) is 9.59 Å². The molecule has 1 amide bonds. The van der Waals surface area contributed by atoms with Gasteiger partial charge in [0.15, 0.2) is 0 Å². The molecule has 0 spiro atoms. The summed E-state index contributed by atoms with van der Waals surface area (Å²) in [7, 11) is 0. The van der Waals surface area contributed by atoms with Crippen molar-refractivity contribution in [2.24, 2.45) is 0 Å². The number of aryl methyl sites for hydroxylation is 1. The first kappa shape index (κ1) is 11.4. The monoisotopic (exact) mass is 231 g/mol. The molecule has 4 heteroatoms. The summed E-state index contributed by atoms with van der Waals surface area (Å²) in [6.45, 7) is 3.71. The van der Waals surface area contributed by atoms with Gasteiger partial charge < -0.3 is 9.73 Å². The van der Waals surface area contributed by atoms with Crippen molar-refractivity contribution in [1.82, 2.24) is 5.32 Å². The Morgan fingerprint density at radius 2 is 2.12 bits per heavy atom. The summed E-state index contributed by atoms with van der Waals surface area (Å²) in [6.07, 6.45) is 0. The Morgan fingerprint density at radius 3 is 2.82 bits per heavy atom. The molecule has 1 N–H and O–H groups in total. The topological polar surface area (TPSA) is 59.3 Å². The predicted molar refractivity (Wildman–Crippen MR) is 64.7 cm³/mol. The molecule has 1 heterocycles. The lowest BCUT2D eigenvalue weighted by Gasteiger charge is -2.06. The van der Waals surface area contributed by atoms with Gasteiger partial charge in [0.2, 0.25) is 5.91 Å². The molecule has 2 aromatic rings. The van der Waals surface area contributed by atoms with Crippen LogP contribution in [0.15, 0.2) is 33.5 Å². The molecule has 0 fully saturated rings. The van der Waals surface area contributed by atoms with Gasteiger partial charge in [0.1, 0.15) is 5.58 Å². The van der Waals surface area contributed by atoms with Crippen molar-refractivity contribution in [3.63, 3.8) is 0 Å². The number of benzene rings is 1. The molecular formula is C13H13NO3. The van der Waals surface area contributed by atoms with Gasteiger partial charge in [0.25, 0.3) is 0 Å². The lowest BCUT2D eigenvalue weighted by atomic mass is 10.1. The fourth-order valence-corrected chi connectivity index (χ4v) is 1.70. The fourth-order valence-electron chi connectivity index (χ4n) is 1.70. The molecule has 0 unspecified atom stereocenters. The van der Waals surface area contributed by atoms with Gasteiger partial charge in [-0.3, -0.25) is 4.79 Å². The quantitative estimate of drug-likeness (QED) is 0.801. The number of hydrogen-bond donors (Lipinski definition) is 1. The number of fused-ring (bicyclic) bond motifs is 1. The number of amides is 1. The molecule has 0 aliphatic heterocycles. The van der Waals surface area contributed by atoms with E-state index < -0.39 is 5.63 Å². The Hall–Kier alpha value is -2.10. The van der Waals surface area contributed by atoms with Crippen LogP contribution < -0.4 is 10.9 Å². The zero-order valence-electron chi connectivity index (χ0n) is 9.74. The predicted octanol–water partition coefficient (Wildman–Crippen LogP) is 1.74. The molecule has 1 aromatic heterocycles. The van der Waals surface area contributed by atoms with Crippen molar-refractivity contribution < 1.29 is 9.21 Å². The van der Waals surface area contributed by atoms with E-state index >= 15 is 0 Å². The Kier molecular flexibility index (Phi) is 2.95. The summed E-state index contributed by atoms with van der Waals surface area (Å²) in [5.74, 6) is -0.126. The molecule has 4 nitrogen and oxygen atoms in total. The van der Waals surface area contributed by atoms with Gasteiger partial charge in [-0.2, -0.15) is 0 Å². The molecular weight excluding hydrogens is 218 g/mol. The summed E-state index contributed by atoms with van der Waals surface area (Å²) in [5.41, 5.74) is 1.95. The van der Waals surface area contributed by atoms with Crippen LogP contribution in [0.4, 0.5) is 0 Å². The smallest absolute Gasteiger partial charge is 0.336 e. The van der Waals surface area contributed by atoms with Gasteiger partial charge in [-0.15, -0.1) is 0 Å². The minimum Gasteiger partial charge on any atom is -0.423 e. The second-order valence-electron chi connectivity index (χ2n) is 4.00. The standard InChI is InChI=1S/C13H13NO3/c1-8-3-4-11-10(7-14-9(2)15)6-13(16)17-12(11)5-8/h3-6H,7H2,1-2H3,(H,14,15). The molecule has 17 heavy (non-hydrogen) atoms. The highest BCUT2D eigenvalue weighted by Crippen LogP contribution is 2.18. The average molecular weight is 231 g/mol. The second kappa shape index (κ2) is 4.41. The molecule has 0 radical (unpaired) electrons. The van der Waals surface area contributed by atoms with Crippen LogP contribution in [0.5, 0.6) is 0 Å². The maximum absolute atomic E-state index is 11.4. The van der Waals surface area contributed by atoms with Gasteiger partial charge in [-0.05, 0) is 24.1 Å². The van der Waals surface area contributed by atoms with Crippen molar-refractivity contribution in [3.8, 4) is 0 Å². The molecule has 2 rings (SSSR count). The first-order valence-electron chi connectivity index (χ1n) is 5.34. The number of nitrogens with one attached hydrogen (secondary N) is 1. The zero-order valence-corrected chi connectivity index (χ0v) is 9.74. The maximum Gasteiger partial charge on any atom is 0.336 e. The first-order valence-corrected chi connectivity index (χ1v) is 5.34. The van der Waals surface area contributed by atoms with Crippen LogP contribution in [0, 0.1) is 6.92 Å². The third-order valence-corrected chi connectivity index (χ3v) is 2.51. The van der Waals surface area contributed by atoms with E-state index in [0.29, 0.717) is 12.1 Å². The van der Waals surface area contributed by atoms with Crippen LogP contribution in [0.3, 0.4) is 0 Å². The van der Waals surface area contributed by atoms with Crippen LogP contribution in [0.25, 0.3) is 11.0 Å². The van der Waals surface area contributed by atoms with Crippen molar-refractivity contribution >= 4 is 16.9 Å². The Bertz CT molecular complexity index is 628.